The quantitative estimate of drug-likeness (QED) is 0.423. The van der Waals surface area contributed by atoms with Crippen LogP contribution in [0, 0.1) is 0 Å². The first-order valence-corrected chi connectivity index (χ1v) is 4.83. The Labute approximate surface area is 85.0 Å². The molecule has 0 bridgehead atoms. The van der Waals surface area contributed by atoms with Crippen molar-refractivity contribution in [2.24, 2.45) is 5.84 Å². The number of aryl methyl sites for hydroxylation is 1. The predicted molar refractivity (Wildman–Crippen MR) is 58.5 cm³/mol. The van der Waals surface area contributed by atoms with Crippen molar-refractivity contribution < 1.29 is 0 Å². The molecule has 0 amide bonds. The molecule has 14 heavy (non-hydrogen) atoms. The first kappa shape index (κ1) is 10.9. The van der Waals surface area contributed by atoms with Gasteiger partial charge in [-0.15, -0.1) is 6.58 Å². The van der Waals surface area contributed by atoms with E-state index in [1.165, 1.54) is 11.1 Å². The smallest absolute Gasteiger partial charge is 0.0498 e. The number of hydrogen-bond donors (Lipinski definition) is 2. The molecule has 0 saturated heterocycles. The summed E-state index contributed by atoms with van der Waals surface area (Å²) < 4.78 is 0. The van der Waals surface area contributed by atoms with Crippen LogP contribution >= 0.6 is 0 Å². The van der Waals surface area contributed by atoms with Crippen LogP contribution in [0.25, 0.3) is 0 Å². The van der Waals surface area contributed by atoms with Crippen LogP contribution in [0.2, 0.25) is 0 Å². The van der Waals surface area contributed by atoms with E-state index in [1.807, 2.05) is 18.3 Å². The van der Waals surface area contributed by atoms with E-state index in [2.05, 4.69) is 23.9 Å². The van der Waals surface area contributed by atoms with E-state index in [0.717, 1.165) is 12.8 Å². The Balaban J connectivity index is 2.95. The van der Waals surface area contributed by atoms with Crippen molar-refractivity contribution >= 4 is 0 Å². The maximum absolute atomic E-state index is 5.50. The molecule has 0 aromatic carbocycles. The molecule has 1 aromatic rings. The molecule has 0 aliphatic heterocycles. The maximum atomic E-state index is 5.50. The highest BCUT2D eigenvalue weighted by atomic mass is 15.2. The monoisotopic (exact) mass is 191 g/mol. The van der Waals surface area contributed by atoms with E-state index in [9.17, 15) is 0 Å². The fourth-order valence-corrected chi connectivity index (χ4v) is 1.52. The maximum Gasteiger partial charge on any atom is 0.0498 e. The van der Waals surface area contributed by atoms with Gasteiger partial charge in [0, 0.05) is 18.4 Å². The van der Waals surface area contributed by atoms with E-state index < -0.39 is 0 Å². The summed E-state index contributed by atoms with van der Waals surface area (Å²) in [6, 6.07) is 2.15. The fourth-order valence-electron chi connectivity index (χ4n) is 1.52. The Morgan fingerprint density at radius 3 is 3.07 bits per heavy atom. The molecule has 1 atom stereocenters. The highest BCUT2D eigenvalue weighted by Crippen LogP contribution is 2.20. The number of hydrazine groups is 1. The van der Waals surface area contributed by atoms with Crippen molar-refractivity contribution in [3.05, 3.63) is 42.2 Å². The molecule has 3 heteroatoms. The van der Waals surface area contributed by atoms with E-state index in [0.29, 0.717) is 0 Å². The SMILES string of the molecule is C=CCC(NN)c1ccncc1CC. The van der Waals surface area contributed by atoms with Gasteiger partial charge in [-0.2, -0.15) is 0 Å². The zero-order valence-electron chi connectivity index (χ0n) is 8.53. The van der Waals surface area contributed by atoms with Crippen LogP contribution in [-0.2, 0) is 6.42 Å². The van der Waals surface area contributed by atoms with Crippen molar-refractivity contribution in [1.82, 2.24) is 10.4 Å². The minimum absolute atomic E-state index is 0.144. The number of aromatic nitrogens is 1. The van der Waals surface area contributed by atoms with Gasteiger partial charge in [-0.05, 0) is 30.0 Å². The summed E-state index contributed by atoms with van der Waals surface area (Å²) in [6.45, 7) is 5.83. The van der Waals surface area contributed by atoms with Crippen LogP contribution in [-0.4, -0.2) is 4.98 Å². The van der Waals surface area contributed by atoms with Crippen LogP contribution in [0.3, 0.4) is 0 Å². The third kappa shape index (κ3) is 2.40. The Kier molecular flexibility index (Phi) is 4.29. The average Bonchev–Trinajstić information content (AvgIpc) is 2.26. The predicted octanol–water partition coefficient (Wildman–Crippen LogP) is 1.72. The highest BCUT2D eigenvalue weighted by Gasteiger charge is 2.10. The van der Waals surface area contributed by atoms with Crippen molar-refractivity contribution in [2.45, 2.75) is 25.8 Å². The van der Waals surface area contributed by atoms with Crippen molar-refractivity contribution in [1.29, 1.82) is 0 Å². The summed E-state index contributed by atoms with van der Waals surface area (Å²) in [5.74, 6) is 5.50. The molecule has 0 aliphatic rings. The lowest BCUT2D eigenvalue weighted by Gasteiger charge is -2.17. The number of nitrogens with one attached hydrogen (secondary N) is 1. The van der Waals surface area contributed by atoms with E-state index >= 15 is 0 Å². The summed E-state index contributed by atoms with van der Waals surface area (Å²) in [4.78, 5) is 4.10. The number of nitrogens with two attached hydrogens (primary N) is 1. The van der Waals surface area contributed by atoms with Crippen LogP contribution in [0.1, 0.15) is 30.5 Å². The van der Waals surface area contributed by atoms with Crippen LogP contribution < -0.4 is 11.3 Å². The average molecular weight is 191 g/mol. The number of nitrogens with zero attached hydrogens (tertiary/aromatic N) is 1. The van der Waals surface area contributed by atoms with Gasteiger partial charge in [-0.25, -0.2) is 0 Å². The molecule has 0 saturated carbocycles. The Bertz CT molecular complexity index is 296. The second-order valence-electron chi connectivity index (χ2n) is 3.17. The van der Waals surface area contributed by atoms with Gasteiger partial charge in [0.1, 0.15) is 0 Å². The van der Waals surface area contributed by atoms with E-state index in [4.69, 9.17) is 5.84 Å². The molecule has 3 nitrogen and oxygen atoms in total. The van der Waals surface area contributed by atoms with Crippen LogP contribution in [0.15, 0.2) is 31.1 Å². The van der Waals surface area contributed by atoms with Gasteiger partial charge in [0.2, 0.25) is 0 Å². The minimum atomic E-state index is 0.144. The summed E-state index contributed by atoms with van der Waals surface area (Å²) in [6.07, 6.45) is 7.35. The van der Waals surface area contributed by atoms with Gasteiger partial charge in [-0.3, -0.25) is 16.3 Å². The van der Waals surface area contributed by atoms with Crippen molar-refractivity contribution in [3.8, 4) is 0 Å². The van der Waals surface area contributed by atoms with Crippen molar-refractivity contribution in [3.63, 3.8) is 0 Å². The molecule has 76 valence electrons. The normalized spacial score (nSPS) is 12.4. The zero-order valence-corrected chi connectivity index (χ0v) is 8.53. The molecule has 0 spiro atoms. The number of hydrogen-bond acceptors (Lipinski definition) is 3. The Morgan fingerprint density at radius 2 is 2.50 bits per heavy atom. The minimum Gasteiger partial charge on any atom is -0.271 e. The third-order valence-corrected chi connectivity index (χ3v) is 2.30. The lowest BCUT2D eigenvalue weighted by molar-refractivity contribution is 0.556. The molecule has 0 radical (unpaired) electrons. The summed E-state index contributed by atoms with van der Waals surface area (Å²) >= 11 is 0. The summed E-state index contributed by atoms with van der Waals surface area (Å²) in [7, 11) is 0. The number of pyridine rings is 1. The van der Waals surface area contributed by atoms with Gasteiger partial charge in [-0.1, -0.05) is 13.0 Å². The first-order chi connectivity index (χ1) is 6.83. The first-order valence-electron chi connectivity index (χ1n) is 4.83. The molecular weight excluding hydrogens is 174 g/mol. The van der Waals surface area contributed by atoms with Gasteiger partial charge < -0.3 is 0 Å². The lowest BCUT2D eigenvalue weighted by Crippen LogP contribution is -2.28. The third-order valence-electron chi connectivity index (χ3n) is 2.30. The Morgan fingerprint density at radius 1 is 1.71 bits per heavy atom. The molecule has 0 aliphatic carbocycles. The second-order valence-corrected chi connectivity index (χ2v) is 3.17. The van der Waals surface area contributed by atoms with E-state index in [1.54, 1.807) is 6.20 Å². The molecule has 0 fully saturated rings. The highest BCUT2D eigenvalue weighted by molar-refractivity contribution is 5.27. The lowest BCUT2D eigenvalue weighted by atomic mass is 9.99. The van der Waals surface area contributed by atoms with Crippen molar-refractivity contribution in [2.75, 3.05) is 0 Å². The summed E-state index contributed by atoms with van der Waals surface area (Å²) in [5.41, 5.74) is 5.24. The van der Waals surface area contributed by atoms with E-state index in [-0.39, 0.29) is 6.04 Å². The topological polar surface area (TPSA) is 50.9 Å². The van der Waals surface area contributed by atoms with Gasteiger partial charge in [0.05, 0.1) is 0 Å². The fraction of sp³-hybridized carbons (Fsp3) is 0.364. The zero-order chi connectivity index (χ0) is 10.4. The van der Waals surface area contributed by atoms with Gasteiger partial charge >= 0.3 is 0 Å². The molecular formula is C11H17N3. The van der Waals surface area contributed by atoms with Crippen LogP contribution in [0.5, 0.6) is 0 Å². The van der Waals surface area contributed by atoms with Gasteiger partial charge in [0.25, 0.3) is 0 Å². The number of rotatable bonds is 5. The van der Waals surface area contributed by atoms with Crippen LogP contribution in [0.4, 0.5) is 0 Å². The summed E-state index contributed by atoms with van der Waals surface area (Å²) in [5, 5.41) is 0. The largest absolute Gasteiger partial charge is 0.271 e. The molecule has 1 aromatic heterocycles. The van der Waals surface area contributed by atoms with Gasteiger partial charge in [0.15, 0.2) is 0 Å². The molecule has 3 N–H and O–H groups in total. The molecule has 1 rings (SSSR count). The molecule has 1 unspecified atom stereocenters. The molecule has 1 heterocycles. The Hall–Kier alpha value is -1.19. The standard InChI is InChI=1S/C11H17N3/c1-3-5-11(14-12)10-6-7-13-8-9(10)4-2/h3,6-8,11,14H,1,4-5,12H2,2H3. The second kappa shape index (κ2) is 5.52.